The van der Waals surface area contributed by atoms with Gasteiger partial charge in [0.15, 0.2) is 5.78 Å². The molecule has 1 aromatic carbocycles. The molecule has 0 heterocycles. The highest BCUT2D eigenvalue weighted by molar-refractivity contribution is 5.85. The summed E-state index contributed by atoms with van der Waals surface area (Å²) in [5, 5.41) is 0. The van der Waals surface area contributed by atoms with Crippen molar-refractivity contribution in [2.24, 2.45) is 5.73 Å². The van der Waals surface area contributed by atoms with E-state index in [1.54, 1.807) is 6.08 Å². The lowest BCUT2D eigenvalue weighted by molar-refractivity contribution is -0.120. The number of hydrogen-bond acceptors (Lipinski definition) is 2. The van der Waals surface area contributed by atoms with Gasteiger partial charge < -0.3 is 5.73 Å². The van der Waals surface area contributed by atoms with Crippen LogP contribution in [0.5, 0.6) is 0 Å². The summed E-state index contributed by atoms with van der Waals surface area (Å²) in [5.74, 6) is 0.0658. The van der Waals surface area contributed by atoms with Crippen molar-refractivity contribution in [1.82, 2.24) is 0 Å². The van der Waals surface area contributed by atoms with E-state index in [9.17, 15) is 4.79 Å². The third-order valence-electron chi connectivity index (χ3n) is 2.10. The Balaban J connectivity index is 2.61. The number of benzene rings is 1. The number of rotatable bonds is 5. The highest BCUT2D eigenvalue weighted by Gasteiger charge is 2.13. The average Bonchev–Trinajstić information content (AvgIpc) is 2.26. The van der Waals surface area contributed by atoms with Crippen molar-refractivity contribution in [3.63, 3.8) is 0 Å². The van der Waals surface area contributed by atoms with Crippen LogP contribution in [-0.4, -0.2) is 5.78 Å². The van der Waals surface area contributed by atoms with Gasteiger partial charge in [0, 0.05) is 6.42 Å². The molecule has 0 saturated carbocycles. The first-order valence-electron chi connectivity index (χ1n) is 4.70. The molecule has 0 amide bonds. The second-order valence-electron chi connectivity index (χ2n) is 3.18. The molecule has 0 aliphatic carbocycles. The Kier molecular flexibility index (Phi) is 4.08. The molecule has 0 spiro atoms. The summed E-state index contributed by atoms with van der Waals surface area (Å²) in [6.07, 6.45) is 2.90. The highest BCUT2D eigenvalue weighted by Crippen LogP contribution is 2.12. The number of carbonyl (C=O) groups excluding carboxylic acids is 1. The average molecular weight is 189 g/mol. The molecule has 14 heavy (non-hydrogen) atoms. The molecule has 0 aliphatic heterocycles. The van der Waals surface area contributed by atoms with Crippen LogP contribution >= 0.6 is 0 Å². The molecular weight excluding hydrogens is 174 g/mol. The number of ketones is 1. The van der Waals surface area contributed by atoms with E-state index < -0.39 is 6.04 Å². The van der Waals surface area contributed by atoms with Crippen molar-refractivity contribution in [3.05, 3.63) is 48.6 Å². The lowest BCUT2D eigenvalue weighted by atomic mass is 10.0. The molecule has 2 heteroatoms. The van der Waals surface area contributed by atoms with Crippen molar-refractivity contribution < 1.29 is 4.79 Å². The normalized spacial score (nSPS) is 12.1. The molecular formula is C12H15NO. The Morgan fingerprint density at radius 3 is 2.64 bits per heavy atom. The minimum absolute atomic E-state index is 0.0658. The van der Waals surface area contributed by atoms with Gasteiger partial charge in [0.2, 0.25) is 0 Å². The van der Waals surface area contributed by atoms with Crippen LogP contribution in [0.2, 0.25) is 0 Å². The van der Waals surface area contributed by atoms with Crippen molar-refractivity contribution in [3.8, 4) is 0 Å². The zero-order valence-corrected chi connectivity index (χ0v) is 8.15. The van der Waals surface area contributed by atoms with Gasteiger partial charge in [0.25, 0.3) is 0 Å². The third-order valence-corrected chi connectivity index (χ3v) is 2.10. The lowest BCUT2D eigenvalue weighted by Gasteiger charge is -2.09. The molecule has 74 valence electrons. The largest absolute Gasteiger partial charge is 0.318 e. The van der Waals surface area contributed by atoms with Crippen molar-refractivity contribution >= 4 is 5.78 Å². The van der Waals surface area contributed by atoms with Gasteiger partial charge in [-0.2, -0.15) is 0 Å². The van der Waals surface area contributed by atoms with E-state index >= 15 is 0 Å². The predicted octanol–water partition coefficient (Wildman–Crippen LogP) is 2.22. The van der Waals surface area contributed by atoms with Crippen LogP contribution in [0, 0.1) is 0 Å². The Hall–Kier alpha value is -1.41. The van der Waals surface area contributed by atoms with Gasteiger partial charge in [-0.05, 0) is 12.0 Å². The summed E-state index contributed by atoms with van der Waals surface area (Å²) >= 11 is 0. The molecule has 2 N–H and O–H groups in total. The summed E-state index contributed by atoms with van der Waals surface area (Å²) < 4.78 is 0. The van der Waals surface area contributed by atoms with E-state index in [-0.39, 0.29) is 5.78 Å². The predicted molar refractivity (Wildman–Crippen MR) is 57.8 cm³/mol. The Morgan fingerprint density at radius 1 is 1.43 bits per heavy atom. The maximum Gasteiger partial charge on any atom is 0.154 e. The third kappa shape index (κ3) is 2.82. The van der Waals surface area contributed by atoms with Crippen LogP contribution in [0.4, 0.5) is 0 Å². The second kappa shape index (κ2) is 5.35. The fourth-order valence-electron chi connectivity index (χ4n) is 1.25. The summed E-state index contributed by atoms with van der Waals surface area (Å²) in [5.41, 5.74) is 6.67. The number of carbonyl (C=O) groups is 1. The smallest absolute Gasteiger partial charge is 0.154 e. The molecule has 0 saturated heterocycles. The molecule has 1 aromatic rings. The van der Waals surface area contributed by atoms with E-state index in [2.05, 4.69) is 6.58 Å². The van der Waals surface area contributed by atoms with Crippen LogP contribution in [0.3, 0.4) is 0 Å². The number of Topliss-reactive ketones (excluding diaryl/α,β-unsaturated/α-hetero) is 1. The molecule has 0 bridgehead atoms. The van der Waals surface area contributed by atoms with Crippen LogP contribution in [0.1, 0.15) is 24.4 Å². The van der Waals surface area contributed by atoms with Gasteiger partial charge in [0.05, 0.1) is 6.04 Å². The maximum absolute atomic E-state index is 11.5. The lowest BCUT2D eigenvalue weighted by Crippen LogP contribution is -2.20. The number of allylic oxidation sites excluding steroid dienone is 1. The Bertz CT molecular complexity index is 305. The van der Waals surface area contributed by atoms with Crippen LogP contribution in [0.15, 0.2) is 43.0 Å². The standard InChI is InChI=1S/C12H15NO/c1-2-3-9-11(14)12(13)10-7-5-4-6-8-10/h2,4-8,12H,1,3,9,13H2. The fourth-order valence-corrected chi connectivity index (χ4v) is 1.25. The van der Waals surface area contributed by atoms with Crippen LogP contribution in [-0.2, 0) is 4.79 Å². The first-order chi connectivity index (χ1) is 6.75. The minimum atomic E-state index is -0.490. The zero-order chi connectivity index (χ0) is 10.4. The zero-order valence-electron chi connectivity index (χ0n) is 8.15. The minimum Gasteiger partial charge on any atom is -0.318 e. The van der Waals surface area contributed by atoms with E-state index in [0.29, 0.717) is 12.8 Å². The van der Waals surface area contributed by atoms with Crippen molar-refractivity contribution in [2.45, 2.75) is 18.9 Å². The van der Waals surface area contributed by atoms with Gasteiger partial charge in [-0.15, -0.1) is 6.58 Å². The Morgan fingerprint density at radius 2 is 2.07 bits per heavy atom. The molecule has 0 aliphatic rings. The first kappa shape index (κ1) is 10.7. The second-order valence-corrected chi connectivity index (χ2v) is 3.18. The molecule has 2 nitrogen and oxygen atoms in total. The van der Waals surface area contributed by atoms with Gasteiger partial charge in [-0.1, -0.05) is 36.4 Å². The van der Waals surface area contributed by atoms with Crippen molar-refractivity contribution in [1.29, 1.82) is 0 Å². The summed E-state index contributed by atoms with van der Waals surface area (Å²) in [7, 11) is 0. The molecule has 1 unspecified atom stereocenters. The number of nitrogens with two attached hydrogens (primary N) is 1. The summed E-state index contributed by atoms with van der Waals surface area (Å²) in [6.45, 7) is 3.57. The first-order valence-corrected chi connectivity index (χ1v) is 4.70. The number of hydrogen-bond donors (Lipinski definition) is 1. The Labute approximate surface area is 84.4 Å². The van der Waals surface area contributed by atoms with E-state index in [0.717, 1.165) is 5.56 Å². The highest BCUT2D eigenvalue weighted by atomic mass is 16.1. The van der Waals surface area contributed by atoms with E-state index in [1.165, 1.54) is 0 Å². The molecule has 1 rings (SSSR count). The van der Waals surface area contributed by atoms with E-state index in [4.69, 9.17) is 5.73 Å². The quantitative estimate of drug-likeness (QED) is 0.722. The molecule has 0 fully saturated rings. The van der Waals surface area contributed by atoms with Crippen LogP contribution in [0.25, 0.3) is 0 Å². The summed E-state index contributed by atoms with van der Waals surface area (Å²) in [6, 6.07) is 8.93. The molecule has 0 radical (unpaired) electrons. The SMILES string of the molecule is C=CCCC(=O)C(N)c1ccccc1. The van der Waals surface area contributed by atoms with Crippen molar-refractivity contribution in [2.75, 3.05) is 0 Å². The van der Waals surface area contributed by atoms with Crippen LogP contribution < -0.4 is 5.73 Å². The summed E-state index contributed by atoms with van der Waals surface area (Å²) in [4.78, 5) is 11.5. The molecule has 1 atom stereocenters. The topological polar surface area (TPSA) is 43.1 Å². The monoisotopic (exact) mass is 189 g/mol. The molecule has 0 aromatic heterocycles. The van der Waals surface area contributed by atoms with E-state index in [1.807, 2.05) is 30.3 Å². The van der Waals surface area contributed by atoms with Gasteiger partial charge in [-0.25, -0.2) is 0 Å². The maximum atomic E-state index is 11.5. The van der Waals surface area contributed by atoms with Gasteiger partial charge in [0.1, 0.15) is 0 Å². The fraction of sp³-hybridized carbons (Fsp3) is 0.250. The van der Waals surface area contributed by atoms with Gasteiger partial charge >= 0.3 is 0 Å². The van der Waals surface area contributed by atoms with Gasteiger partial charge in [-0.3, -0.25) is 4.79 Å².